The van der Waals surface area contributed by atoms with Crippen molar-refractivity contribution in [2.45, 2.75) is 31.8 Å². The molecule has 1 aromatic heterocycles. The van der Waals surface area contributed by atoms with Gasteiger partial charge in [-0.25, -0.2) is 14.6 Å². The third-order valence-electron chi connectivity index (χ3n) is 5.30. The maximum atomic E-state index is 13.0. The van der Waals surface area contributed by atoms with E-state index < -0.39 is 18.1 Å². The molecule has 4 rings (SSSR count). The number of hydrogen-bond donors (Lipinski definition) is 1. The van der Waals surface area contributed by atoms with Crippen LogP contribution in [-0.2, 0) is 9.53 Å². The number of fused-ring (bicyclic) bond motifs is 3. The molecule has 0 spiro atoms. The topological polar surface area (TPSA) is 79.7 Å². The number of rotatable bonds is 6. The van der Waals surface area contributed by atoms with Crippen molar-refractivity contribution in [3.8, 4) is 11.1 Å². The van der Waals surface area contributed by atoms with Gasteiger partial charge in [-0.3, -0.25) is 4.90 Å². The van der Waals surface area contributed by atoms with Crippen molar-refractivity contribution in [1.82, 2.24) is 9.88 Å². The highest BCUT2D eigenvalue weighted by molar-refractivity contribution is 7.09. The van der Waals surface area contributed by atoms with E-state index in [1.807, 2.05) is 36.4 Å². The molecule has 3 aromatic rings. The van der Waals surface area contributed by atoms with Crippen LogP contribution in [0.25, 0.3) is 11.1 Å². The van der Waals surface area contributed by atoms with Gasteiger partial charge in [0.15, 0.2) is 6.04 Å². The lowest BCUT2D eigenvalue weighted by atomic mass is 9.98. The summed E-state index contributed by atoms with van der Waals surface area (Å²) in [6.45, 7) is 3.68. The van der Waals surface area contributed by atoms with Crippen LogP contribution in [0.5, 0.6) is 0 Å². The molecule has 1 heterocycles. The first-order valence-corrected chi connectivity index (χ1v) is 10.6. The SMILES string of the molecule is CC(C)N(C(=O)OCC1c2ccccc2-c2ccccc21)C(C(=O)O)c1nccs1. The molecule has 0 fully saturated rings. The zero-order valence-electron chi connectivity index (χ0n) is 16.7. The molecular weight excluding hydrogens is 400 g/mol. The number of carboxylic acid groups (broad SMARTS) is 1. The minimum absolute atomic E-state index is 0.0847. The number of hydrogen-bond acceptors (Lipinski definition) is 5. The normalized spacial score (nSPS) is 13.6. The van der Waals surface area contributed by atoms with E-state index in [1.54, 1.807) is 19.2 Å². The molecule has 154 valence electrons. The number of carbonyl (C=O) groups excluding carboxylic acids is 1. The van der Waals surface area contributed by atoms with Gasteiger partial charge in [0.1, 0.15) is 11.6 Å². The zero-order valence-corrected chi connectivity index (χ0v) is 17.5. The van der Waals surface area contributed by atoms with Gasteiger partial charge in [0.2, 0.25) is 0 Å². The van der Waals surface area contributed by atoms with Crippen LogP contribution in [0.15, 0.2) is 60.1 Å². The highest BCUT2D eigenvalue weighted by Gasteiger charge is 2.37. The molecular formula is C23H22N2O4S. The molecule has 1 amide bonds. The minimum Gasteiger partial charge on any atom is -0.479 e. The zero-order chi connectivity index (χ0) is 21.3. The van der Waals surface area contributed by atoms with Crippen LogP contribution in [0.2, 0.25) is 0 Å². The van der Waals surface area contributed by atoms with E-state index in [1.165, 1.54) is 22.4 Å². The Morgan fingerprint density at radius 2 is 1.70 bits per heavy atom. The second-order valence-corrected chi connectivity index (χ2v) is 8.34. The average Bonchev–Trinajstić information content (AvgIpc) is 3.36. The third kappa shape index (κ3) is 3.57. The Bertz CT molecular complexity index is 1020. The maximum Gasteiger partial charge on any atom is 0.411 e. The molecule has 1 unspecified atom stereocenters. The molecule has 6 nitrogen and oxygen atoms in total. The molecule has 1 N–H and O–H groups in total. The van der Waals surface area contributed by atoms with Crippen LogP contribution in [0, 0.1) is 0 Å². The fourth-order valence-corrected chi connectivity index (χ4v) is 4.72. The molecule has 2 aromatic carbocycles. The van der Waals surface area contributed by atoms with Crippen LogP contribution in [0.1, 0.15) is 41.9 Å². The number of ether oxygens (including phenoxy) is 1. The maximum absolute atomic E-state index is 13.0. The Balaban J connectivity index is 1.58. The standard InChI is InChI=1S/C23H22N2O4S/c1-14(2)25(20(22(26)27)21-24-11-12-30-21)23(28)29-13-19-17-9-5-3-7-15(17)16-8-4-6-10-18(16)19/h3-12,14,19-20H,13H2,1-2H3,(H,26,27). The van der Waals surface area contributed by atoms with Gasteiger partial charge in [-0.1, -0.05) is 48.5 Å². The monoisotopic (exact) mass is 422 g/mol. The number of aromatic nitrogens is 1. The van der Waals surface area contributed by atoms with Crippen LogP contribution >= 0.6 is 11.3 Å². The summed E-state index contributed by atoms with van der Waals surface area (Å²) in [6, 6.07) is 14.6. The van der Waals surface area contributed by atoms with Gasteiger partial charge in [-0.05, 0) is 36.1 Å². The number of carboxylic acids is 1. The summed E-state index contributed by atoms with van der Waals surface area (Å²) in [4.78, 5) is 30.3. The van der Waals surface area contributed by atoms with E-state index in [0.717, 1.165) is 22.3 Å². The number of thiazole rings is 1. The van der Waals surface area contributed by atoms with Crippen molar-refractivity contribution in [2.24, 2.45) is 0 Å². The molecule has 1 atom stereocenters. The van der Waals surface area contributed by atoms with Crippen molar-refractivity contribution in [1.29, 1.82) is 0 Å². The van der Waals surface area contributed by atoms with Crippen molar-refractivity contribution in [3.63, 3.8) is 0 Å². The minimum atomic E-state index is -1.18. The smallest absolute Gasteiger partial charge is 0.411 e. The summed E-state index contributed by atoms with van der Waals surface area (Å²) in [5, 5.41) is 11.8. The third-order valence-corrected chi connectivity index (χ3v) is 6.13. The Morgan fingerprint density at radius 1 is 1.10 bits per heavy atom. The van der Waals surface area contributed by atoms with E-state index >= 15 is 0 Å². The lowest BCUT2D eigenvalue weighted by Gasteiger charge is -2.31. The van der Waals surface area contributed by atoms with E-state index in [2.05, 4.69) is 17.1 Å². The molecule has 30 heavy (non-hydrogen) atoms. The number of amides is 1. The predicted octanol–water partition coefficient (Wildman–Crippen LogP) is 4.93. The Labute approximate surface area is 178 Å². The largest absolute Gasteiger partial charge is 0.479 e. The van der Waals surface area contributed by atoms with Crippen molar-refractivity contribution >= 4 is 23.4 Å². The van der Waals surface area contributed by atoms with Gasteiger partial charge < -0.3 is 9.84 Å². The summed E-state index contributed by atoms with van der Waals surface area (Å²) in [5.74, 6) is -1.22. The first-order valence-electron chi connectivity index (χ1n) is 9.74. The summed E-state index contributed by atoms with van der Waals surface area (Å²) in [5.41, 5.74) is 4.50. The Kier molecular flexibility index (Phi) is 5.55. The molecule has 0 saturated heterocycles. The molecule has 0 bridgehead atoms. The fourth-order valence-electron chi connectivity index (χ4n) is 4.00. The van der Waals surface area contributed by atoms with Gasteiger partial charge in [-0.2, -0.15) is 0 Å². The van der Waals surface area contributed by atoms with Crippen molar-refractivity contribution < 1.29 is 19.4 Å². The second-order valence-electron chi connectivity index (χ2n) is 7.42. The van der Waals surface area contributed by atoms with Gasteiger partial charge in [0, 0.05) is 23.5 Å². The second kappa shape index (κ2) is 8.28. The van der Waals surface area contributed by atoms with Crippen molar-refractivity contribution in [3.05, 3.63) is 76.2 Å². The lowest BCUT2D eigenvalue weighted by molar-refractivity contribution is -0.143. The Morgan fingerprint density at radius 3 is 2.20 bits per heavy atom. The van der Waals surface area contributed by atoms with Crippen LogP contribution < -0.4 is 0 Å². The summed E-state index contributed by atoms with van der Waals surface area (Å²) in [7, 11) is 0. The van der Waals surface area contributed by atoms with Crippen LogP contribution in [-0.4, -0.2) is 39.7 Å². The summed E-state index contributed by atoms with van der Waals surface area (Å²) < 4.78 is 5.69. The van der Waals surface area contributed by atoms with E-state index in [4.69, 9.17) is 4.74 Å². The lowest BCUT2D eigenvalue weighted by Crippen LogP contribution is -2.44. The van der Waals surface area contributed by atoms with E-state index in [0.29, 0.717) is 5.01 Å². The van der Waals surface area contributed by atoms with Crippen LogP contribution in [0.4, 0.5) is 4.79 Å². The Hall–Kier alpha value is -3.19. The predicted molar refractivity (Wildman–Crippen MR) is 115 cm³/mol. The summed E-state index contributed by atoms with van der Waals surface area (Å²) in [6.07, 6.45) is 0.876. The quantitative estimate of drug-likeness (QED) is 0.609. The average molecular weight is 423 g/mol. The highest BCUT2D eigenvalue weighted by atomic mass is 32.1. The first-order chi connectivity index (χ1) is 14.5. The van der Waals surface area contributed by atoms with Crippen molar-refractivity contribution in [2.75, 3.05) is 6.61 Å². The fraction of sp³-hybridized carbons (Fsp3) is 0.261. The highest BCUT2D eigenvalue weighted by Crippen LogP contribution is 2.44. The molecule has 7 heteroatoms. The molecule has 0 aliphatic heterocycles. The number of aliphatic carboxylic acids is 1. The van der Waals surface area contributed by atoms with E-state index in [-0.39, 0.29) is 18.6 Å². The number of benzene rings is 2. The number of nitrogens with zero attached hydrogens (tertiary/aromatic N) is 2. The first kappa shape index (κ1) is 20.1. The van der Waals surface area contributed by atoms with Gasteiger partial charge in [0.05, 0.1) is 0 Å². The van der Waals surface area contributed by atoms with Gasteiger partial charge in [0.25, 0.3) is 0 Å². The molecule has 0 saturated carbocycles. The van der Waals surface area contributed by atoms with Gasteiger partial charge >= 0.3 is 12.1 Å². The number of carbonyl (C=O) groups is 2. The molecule has 1 aliphatic rings. The summed E-state index contributed by atoms with van der Waals surface area (Å²) >= 11 is 1.21. The molecule has 1 aliphatic carbocycles. The van der Waals surface area contributed by atoms with Crippen LogP contribution in [0.3, 0.4) is 0 Å². The van der Waals surface area contributed by atoms with E-state index in [9.17, 15) is 14.7 Å². The van der Waals surface area contributed by atoms with Gasteiger partial charge in [-0.15, -0.1) is 11.3 Å². The molecule has 0 radical (unpaired) electrons.